The fourth-order valence-corrected chi connectivity index (χ4v) is 1.63. The smallest absolute Gasteiger partial charge is 0.123 e. The molecule has 0 unspecified atom stereocenters. The predicted molar refractivity (Wildman–Crippen MR) is 68.6 cm³/mol. The number of hydrogen-bond acceptors (Lipinski definition) is 4. The molecule has 0 saturated heterocycles. The van der Waals surface area contributed by atoms with Crippen molar-refractivity contribution in [2.75, 3.05) is 25.9 Å². The van der Waals surface area contributed by atoms with Crippen LogP contribution in [0, 0.1) is 11.3 Å². The van der Waals surface area contributed by atoms with Gasteiger partial charge in [0, 0.05) is 30.8 Å². The molecule has 0 aliphatic carbocycles. The van der Waals surface area contributed by atoms with Gasteiger partial charge >= 0.3 is 0 Å². The highest BCUT2D eigenvalue weighted by atomic mass is 16.5. The number of rotatable bonds is 6. The van der Waals surface area contributed by atoms with Crippen LogP contribution in [0.3, 0.4) is 0 Å². The van der Waals surface area contributed by atoms with Crippen LogP contribution < -0.4 is 10.5 Å². The lowest BCUT2D eigenvalue weighted by molar-refractivity contribution is 0.307. The standard InChI is InChI=1S/C13H19N3O/c1-3-17-13-6-5-12(15)9-11(13)10-16(2)8-4-7-14/h5-6,9H,3-4,8,10,15H2,1-2H3. The number of hydrogen-bond donors (Lipinski definition) is 1. The van der Waals surface area contributed by atoms with Crippen molar-refractivity contribution < 1.29 is 4.74 Å². The van der Waals surface area contributed by atoms with Crippen LogP contribution in [-0.4, -0.2) is 25.1 Å². The molecule has 0 fully saturated rings. The molecule has 1 aromatic carbocycles. The molecular weight excluding hydrogens is 214 g/mol. The van der Waals surface area contributed by atoms with Crippen molar-refractivity contribution in [2.45, 2.75) is 19.9 Å². The third-order valence-electron chi connectivity index (χ3n) is 2.43. The second-order valence-electron chi connectivity index (χ2n) is 3.95. The normalized spacial score (nSPS) is 10.2. The lowest BCUT2D eigenvalue weighted by atomic mass is 10.1. The summed E-state index contributed by atoms with van der Waals surface area (Å²) in [5.41, 5.74) is 7.57. The Labute approximate surface area is 103 Å². The first-order chi connectivity index (χ1) is 8.17. The highest BCUT2D eigenvalue weighted by Gasteiger charge is 2.07. The summed E-state index contributed by atoms with van der Waals surface area (Å²) >= 11 is 0. The number of ether oxygens (including phenoxy) is 1. The monoisotopic (exact) mass is 233 g/mol. The molecule has 17 heavy (non-hydrogen) atoms. The van der Waals surface area contributed by atoms with Crippen molar-refractivity contribution in [3.05, 3.63) is 23.8 Å². The van der Waals surface area contributed by atoms with Crippen LogP contribution in [0.2, 0.25) is 0 Å². The fourth-order valence-electron chi connectivity index (χ4n) is 1.63. The molecule has 0 spiro atoms. The van der Waals surface area contributed by atoms with E-state index < -0.39 is 0 Å². The quantitative estimate of drug-likeness (QED) is 0.763. The minimum Gasteiger partial charge on any atom is -0.494 e. The molecule has 0 saturated carbocycles. The average Bonchev–Trinajstić information content (AvgIpc) is 2.30. The fraction of sp³-hybridized carbons (Fsp3) is 0.462. The van der Waals surface area contributed by atoms with Gasteiger partial charge in [-0.05, 0) is 32.2 Å². The Balaban J connectivity index is 2.73. The van der Waals surface area contributed by atoms with Gasteiger partial charge in [0.15, 0.2) is 0 Å². The van der Waals surface area contributed by atoms with Gasteiger partial charge in [0.05, 0.1) is 12.7 Å². The van der Waals surface area contributed by atoms with Gasteiger partial charge in [-0.25, -0.2) is 0 Å². The molecule has 0 atom stereocenters. The van der Waals surface area contributed by atoms with Gasteiger partial charge in [-0.2, -0.15) is 5.26 Å². The Morgan fingerprint density at radius 1 is 1.47 bits per heavy atom. The first kappa shape index (κ1) is 13.3. The molecule has 0 radical (unpaired) electrons. The van der Waals surface area contributed by atoms with Crippen molar-refractivity contribution in [2.24, 2.45) is 0 Å². The van der Waals surface area contributed by atoms with Gasteiger partial charge in [0.1, 0.15) is 5.75 Å². The van der Waals surface area contributed by atoms with Crippen LogP contribution in [0.4, 0.5) is 5.69 Å². The first-order valence-electron chi connectivity index (χ1n) is 5.74. The molecular formula is C13H19N3O. The van der Waals surface area contributed by atoms with Crippen molar-refractivity contribution in [1.29, 1.82) is 5.26 Å². The molecule has 4 nitrogen and oxygen atoms in total. The molecule has 0 aromatic heterocycles. The topological polar surface area (TPSA) is 62.3 Å². The summed E-state index contributed by atoms with van der Waals surface area (Å²) in [6, 6.07) is 7.79. The zero-order chi connectivity index (χ0) is 12.7. The van der Waals surface area contributed by atoms with Crippen LogP contribution in [0.5, 0.6) is 5.75 Å². The molecule has 0 amide bonds. The van der Waals surface area contributed by atoms with E-state index in [0.717, 1.165) is 30.1 Å². The molecule has 0 bridgehead atoms. The summed E-state index contributed by atoms with van der Waals surface area (Å²) in [7, 11) is 1.98. The second-order valence-corrected chi connectivity index (χ2v) is 3.95. The summed E-state index contributed by atoms with van der Waals surface area (Å²) in [5.74, 6) is 0.866. The van der Waals surface area contributed by atoms with Crippen LogP contribution in [-0.2, 0) is 6.54 Å². The van der Waals surface area contributed by atoms with Gasteiger partial charge < -0.3 is 15.4 Å². The van der Waals surface area contributed by atoms with Crippen molar-refractivity contribution in [3.8, 4) is 11.8 Å². The number of nitrogens with two attached hydrogens (primary N) is 1. The number of nitriles is 1. The van der Waals surface area contributed by atoms with Gasteiger partial charge in [0.25, 0.3) is 0 Å². The lowest BCUT2D eigenvalue weighted by Gasteiger charge is -2.18. The van der Waals surface area contributed by atoms with Gasteiger partial charge in [-0.3, -0.25) is 0 Å². The summed E-state index contributed by atoms with van der Waals surface area (Å²) in [6.45, 7) is 4.08. The molecule has 92 valence electrons. The molecule has 0 heterocycles. The maximum atomic E-state index is 8.54. The molecule has 1 aromatic rings. The summed E-state index contributed by atoms with van der Waals surface area (Å²) in [5, 5.41) is 8.54. The molecule has 1 rings (SSSR count). The van der Waals surface area contributed by atoms with Crippen molar-refractivity contribution >= 4 is 5.69 Å². The van der Waals surface area contributed by atoms with Gasteiger partial charge in [-0.1, -0.05) is 0 Å². The van der Waals surface area contributed by atoms with Crippen LogP contribution in [0.1, 0.15) is 18.9 Å². The lowest BCUT2D eigenvalue weighted by Crippen LogP contribution is -2.19. The number of benzene rings is 1. The first-order valence-corrected chi connectivity index (χ1v) is 5.74. The Morgan fingerprint density at radius 3 is 2.88 bits per heavy atom. The van der Waals surface area contributed by atoms with Crippen molar-refractivity contribution in [1.82, 2.24) is 4.90 Å². The zero-order valence-electron chi connectivity index (χ0n) is 10.4. The minimum absolute atomic E-state index is 0.531. The highest BCUT2D eigenvalue weighted by Crippen LogP contribution is 2.22. The molecule has 0 aliphatic heterocycles. The zero-order valence-corrected chi connectivity index (χ0v) is 10.4. The number of anilines is 1. The second kappa shape index (κ2) is 6.77. The Kier molecular flexibility index (Phi) is 5.31. The third-order valence-corrected chi connectivity index (χ3v) is 2.43. The van der Waals surface area contributed by atoms with E-state index in [2.05, 4.69) is 11.0 Å². The van der Waals surface area contributed by atoms with E-state index in [1.54, 1.807) is 0 Å². The minimum atomic E-state index is 0.531. The molecule has 4 heteroatoms. The van der Waals surface area contributed by atoms with Crippen LogP contribution in [0.25, 0.3) is 0 Å². The Bertz CT molecular complexity index is 398. The van der Waals surface area contributed by atoms with E-state index in [1.165, 1.54) is 0 Å². The van der Waals surface area contributed by atoms with E-state index in [4.69, 9.17) is 15.7 Å². The number of nitrogen functional groups attached to an aromatic ring is 1. The highest BCUT2D eigenvalue weighted by molar-refractivity contribution is 5.47. The van der Waals surface area contributed by atoms with E-state index in [-0.39, 0.29) is 0 Å². The van der Waals surface area contributed by atoms with Gasteiger partial charge in [-0.15, -0.1) is 0 Å². The maximum absolute atomic E-state index is 8.54. The molecule has 2 N–H and O–H groups in total. The van der Waals surface area contributed by atoms with E-state index >= 15 is 0 Å². The number of nitrogens with zero attached hydrogens (tertiary/aromatic N) is 2. The average molecular weight is 233 g/mol. The Hall–Kier alpha value is -1.73. The van der Waals surface area contributed by atoms with E-state index in [1.807, 2.05) is 32.2 Å². The van der Waals surface area contributed by atoms with Crippen LogP contribution >= 0.6 is 0 Å². The third kappa shape index (κ3) is 4.33. The maximum Gasteiger partial charge on any atom is 0.123 e. The summed E-state index contributed by atoms with van der Waals surface area (Å²) in [6.07, 6.45) is 0.531. The SMILES string of the molecule is CCOc1ccc(N)cc1CN(C)CCC#N. The van der Waals surface area contributed by atoms with Crippen LogP contribution in [0.15, 0.2) is 18.2 Å². The Morgan fingerprint density at radius 2 is 2.24 bits per heavy atom. The largest absolute Gasteiger partial charge is 0.494 e. The molecule has 0 aliphatic rings. The van der Waals surface area contributed by atoms with E-state index in [9.17, 15) is 0 Å². The van der Waals surface area contributed by atoms with Gasteiger partial charge in [0.2, 0.25) is 0 Å². The van der Waals surface area contributed by atoms with E-state index in [0.29, 0.717) is 13.0 Å². The summed E-state index contributed by atoms with van der Waals surface area (Å²) < 4.78 is 5.55. The summed E-state index contributed by atoms with van der Waals surface area (Å²) in [4.78, 5) is 2.08. The predicted octanol–water partition coefficient (Wildman–Crippen LogP) is 2.01. The van der Waals surface area contributed by atoms with Crippen molar-refractivity contribution in [3.63, 3.8) is 0 Å².